The number of aryl methyl sites for hydroxylation is 2. The van der Waals surface area contributed by atoms with Crippen LogP contribution in [0.15, 0.2) is 41.5 Å². The number of aromatic nitrogens is 4. The van der Waals surface area contributed by atoms with Gasteiger partial charge < -0.3 is 10.7 Å². The Bertz CT molecular complexity index is 1200. The van der Waals surface area contributed by atoms with Gasteiger partial charge in [0.15, 0.2) is 0 Å². The zero-order valence-electron chi connectivity index (χ0n) is 19.1. The van der Waals surface area contributed by atoms with E-state index in [-0.39, 0.29) is 11.3 Å². The first kappa shape index (κ1) is 22.1. The van der Waals surface area contributed by atoms with Crippen molar-refractivity contribution in [1.82, 2.24) is 19.7 Å². The molecule has 3 aromatic rings. The summed E-state index contributed by atoms with van der Waals surface area (Å²) in [6.45, 7) is 6.39. The maximum Gasteiger partial charge on any atom is 0.228 e. The summed E-state index contributed by atoms with van der Waals surface area (Å²) in [5.41, 5.74) is 4.92. The summed E-state index contributed by atoms with van der Waals surface area (Å²) >= 11 is 6.48. The first-order valence-corrected chi connectivity index (χ1v) is 11.0. The van der Waals surface area contributed by atoms with Crippen LogP contribution < -0.4 is 5.32 Å². The zero-order valence-corrected chi connectivity index (χ0v) is 19.8. The predicted molar refractivity (Wildman–Crippen MR) is 130 cm³/mol. The highest BCUT2D eigenvalue weighted by molar-refractivity contribution is 6.35. The molecule has 0 spiro atoms. The molecule has 1 aliphatic carbocycles. The Kier molecular flexibility index (Phi) is 5.86. The normalized spacial score (nSPS) is 16.8. The number of benzene rings is 1. The number of hydrogen-bond donors (Lipinski definition) is 2. The van der Waals surface area contributed by atoms with Crippen LogP contribution >= 0.6 is 11.6 Å². The van der Waals surface area contributed by atoms with E-state index in [0.717, 1.165) is 40.5 Å². The molecule has 1 atom stereocenters. The number of nitrogens with one attached hydrogen (secondary N) is 2. The van der Waals surface area contributed by atoms with Crippen molar-refractivity contribution in [3.63, 3.8) is 0 Å². The van der Waals surface area contributed by atoms with E-state index in [0.29, 0.717) is 23.1 Å². The van der Waals surface area contributed by atoms with Gasteiger partial charge in [0, 0.05) is 48.1 Å². The minimum atomic E-state index is -0.358. The van der Waals surface area contributed by atoms with Gasteiger partial charge >= 0.3 is 0 Å². The number of aliphatic imine (C=N–C) groups is 1. The molecule has 0 aliphatic heterocycles. The van der Waals surface area contributed by atoms with Gasteiger partial charge in [-0.3, -0.25) is 9.67 Å². The molecule has 4 rings (SSSR count). The number of nitrogens with zero attached hydrogens (tertiary/aromatic N) is 5. The van der Waals surface area contributed by atoms with Gasteiger partial charge in [-0.15, -0.1) is 0 Å². The summed E-state index contributed by atoms with van der Waals surface area (Å²) in [6, 6.07) is 9.63. The van der Waals surface area contributed by atoms with Crippen molar-refractivity contribution in [3.8, 4) is 0 Å². The van der Waals surface area contributed by atoms with Crippen molar-refractivity contribution in [2.24, 2.45) is 12.0 Å². The number of anilines is 2. The van der Waals surface area contributed by atoms with Gasteiger partial charge in [0.25, 0.3) is 0 Å². The largest absolute Gasteiger partial charge is 0.309 e. The van der Waals surface area contributed by atoms with E-state index in [1.807, 2.05) is 43.6 Å². The minimum absolute atomic E-state index is 0.0595. The molecule has 32 heavy (non-hydrogen) atoms. The van der Waals surface area contributed by atoms with E-state index in [1.54, 1.807) is 11.7 Å². The molecule has 0 saturated carbocycles. The molecule has 1 aromatic carbocycles. The molecule has 8 heteroatoms. The van der Waals surface area contributed by atoms with Crippen LogP contribution in [0.3, 0.4) is 0 Å². The molecule has 0 amide bonds. The Balaban J connectivity index is 1.73. The topological polar surface area (TPSA) is 91.8 Å². The lowest BCUT2D eigenvalue weighted by atomic mass is 9.80. The fraction of sp³-hybridized carbons (Fsp3) is 0.375. The third-order valence-electron chi connectivity index (χ3n) is 5.74. The zero-order chi connectivity index (χ0) is 23.0. The van der Waals surface area contributed by atoms with Crippen molar-refractivity contribution in [3.05, 3.63) is 64.1 Å². The Morgan fingerprint density at radius 1 is 1.25 bits per heavy atom. The highest BCUT2D eigenvalue weighted by atomic mass is 35.5. The molecule has 166 valence electrons. The highest BCUT2D eigenvalue weighted by Gasteiger charge is 2.32. The monoisotopic (exact) mass is 449 g/mol. The van der Waals surface area contributed by atoms with E-state index in [2.05, 4.69) is 41.2 Å². The van der Waals surface area contributed by atoms with Gasteiger partial charge in [-0.1, -0.05) is 50.6 Å². The maximum absolute atomic E-state index is 8.71. The van der Waals surface area contributed by atoms with Crippen LogP contribution in [0.5, 0.6) is 0 Å². The number of fused-ring (bicyclic) bond motifs is 1. The SMILES string of the molecule is CN=C(c1ccccc1Cl)C1C(=N)CCc2cnc(Nc3cc(C(C)(C)C)nn3C)nc21. The van der Waals surface area contributed by atoms with Crippen LogP contribution in [0.25, 0.3) is 0 Å². The number of hydrogen-bond acceptors (Lipinski definition) is 6. The van der Waals surface area contributed by atoms with E-state index >= 15 is 0 Å². The predicted octanol–water partition coefficient (Wildman–Crippen LogP) is 5.07. The molecule has 0 bridgehead atoms. The van der Waals surface area contributed by atoms with Gasteiger partial charge in [-0.25, -0.2) is 9.97 Å². The Labute approximate surface area is 193 Å². The average Bonchev–Trinajstić information content (AvgIpc) is 3.12. The molecule has 2 N–H and O–H groups in total. The van der Waals surface area contributed by atoms with E-state index < -0.39 is 0 Å². The summed E-state index contributed by atoms with van der Waals surface area (Å²) in [5, 5.41) is 17.2. The second-order valence-electron chi connectivity index (χ2n) is 9.06. The third-order valence-corrected chi connectivity index (χ3v) is 6.07. The Hall–Kier alpha value is -3.06. The fourth-order valence-corrected chi connectivity index (χ4v) is 4.17. The standard InChI is InChI=1S/C24H28ClN7/c1-24(2,3)18-12-19(32(5)31-18)29-23-28-13-14-10-11-17(26)20(21(14)30-23)22(27-4)15-8-6-7-9-16(15)25/h6-9,12-13,20,26H,10-11H2,1-5H3,(H,28,29,30). The van der Waals surface area contributed by atoms with Crippen LogP contribution in [0.2, 0.25) is 5.02 Å². The van der Waals surface area contributed by atoms with Gasteiger partial charge in [0.1, 0.15) is 5.82 Å². The van der Waals surface area contributed by atoms with Crippen LogP contribution in [-0.4, -0.2) is 38.2 Å². The molecule has 0 radical (unpaired) electrons. The minimum Gasteiger partial charge on any atom is -0.309 e. The van der Waals surface area contributed by atoms with Gasteiger partial charge in [0.05, 0.1) is 23.0 Å². The van der Waals surface area contributed by atoms with Crippen LogP contribution in [0.4, 0.5) is 11.8 Å². The molecule has 2 aromatic heterocycles. The van der Waals surface area contributed by atoms with Crippen LogP contribution in [0.1, 0.15) is 55.6 Å². The third kappa shape index (κ3) is 4.17. The molecular weight excluding hydrogens is 422 g/mol. The Morgan fingerprint density at radius 2 is 2.00 bits per heavy atom. The Morgan fingerprint density at radius 3 is 2.66 bits per heavy atom. The first-order valence-electron chi connectivity index (χ1n) is 10.6. The fourth-order valence-electron chi connectivity index (χ4n) is 3.94. The van der Waals surface area contributed by atoms with Crippen molar-refractivity contribution < 1.29 is 0 Å². The maximum atomic E-state index is 8.71. The molecular formula is C24H28ClN7. The van der Waals surface area contributed by atoms with E-state index in [1.165, 1.54) is 0 Å². The van der Waals surface area contributed by atoms with Gasteiger partial charge in [-0.05, 0) is 24.5 Å². The lowest BCUT2D eigenvalue weighted by molar-refractivity contribution is 0.553. The molecule has 1 aliphatic rings. The van der Waals surface area contributed by atoms with Crippen molar-refractivity contribution in [2.75, 3.05) is 12.4 Å². The van der Waals surface area contributed by atoms with Crippen molar-refractivity contribution >= 4 is 34.8 Å². The second-order valence-corrected chi connectivity index (χ2v) is 9.47. The summed E-state index contributed by atoms with van der Waals surface area (Å²) in [7, 11) is 3.64. The van der Waals surface area contributed by atoms with Crippen molar-refractivity contribution in [2.45, 2.75) is 44.9 Å². The van der Waals surface area contributed by atoms with Crippen LogP contribution in [0, 0.1) is 5.41 Å². The molecule has 1 unspecified atom stereocenters. The molecule has 2 heterocycles. The molecule has 0 fully saturated rings. The summed E-state index contributed by atoms with van der Waals surface area (Å²) in [4.78, 5) is 13.9. The average molecular weight is 450 g/mol. The second kappa shape index (κ2) is 8.47. The smallest absolute Gasteiger partial charge is 0.228 e. The molecule has 0 saturated heterocycles. The van der Waals surface area contributed by atoms with E-state index in [4.69, 9.17) is 22.0 Å². The number of halogens is 1. The van der Waals surface area contributed by atoms with Crippen LogP contribution in [-0.2, 0) is 18.9 Å². The highest BCUT2D eigenvalue weighted by Crippen LogP contribution is 2.34. The lowest BCUT2D eigenvalue weighted by Gasteiger charge is -2.27. The summed E-state index contributed by atoms with van der Waals surface area (Å²) in [6.07, 6.45) is 3.24. The lowest BCUT2D eigenvalue weighted by Crippen LogP contribution is -2.29. The van der Waals surface area contributed by atoms with E-state index in [9.17, 15) is 0 Å². The summed E-state index contributed by atoms with van der Waals surface area (Å²) in [5.74, 6) is 0.929. The van der Waals surface area contributed by atoms with Gasteiger partial charge in [-0.2, -0.15) is 5.10 Å². The van der Waals surface area contributed by atoms with Gasteiger partial charge in [0.2, 0.25) is 5.95 Å². The quantitative estimate of drug-likeness (QED) is 0.543. The first-order chi connectivity index (χ1) is 15.2. The molecule has 7 nitrogen and oxygen atoms in total. The number of rotatable bonds is 4. The van der Waals surface area contributed by atoms with Crippen molar-refractivity contribution in [1.29, 1.82) is 5.41 Å². The summed E-state index contributed by atoms with van der Waals surface area (Å²) < 4.78 is 1.80.